The molecule has 0 aliphatic heterocycles. The number of alkyl halides is 1. The van der Waals surface area contributed by atoms with Crippen LogP contribution in [-0.4, -0.2) is 4.87 Å². The number of hydrogen-bond acceptors (Lipinski definition) is 1. The van der Waals surface area contributed by atoms with Gasteiger partial charge in [0.25, 0.3) is 0 Å². The van der Waals surface area contributed by atoms with E-state index in [4.69, 9.17) is 39.2 Å². The third kappa shape index (κ3) is 1.87. The number of fused-ring (bicyclic) bond motifs is 3. The van der Waals surface area contributed by atoms with Crippen molar-refractivity contribution >= 4 is 57.9 Å². The summed E-state index contributed by atoms with van der Waals surface area (Å²) in [6.07, 6.45) is 4.73. The Labute approximate surface area is 113 Å². The van der Waals surface area contributed by atoms with Crippen LogP contribution in [0.4, 0.5) is 0 Å². The lowest BCUT2D eigenvalue weighted by molar-refractivity contribution is 0.569. The van der Waals surface area contributed by atoms with Gasteiger partial charge in [-0.05, 0) is 25.5 Å². The topological polar surface area (TPSA) is 13.1 Å². The molecule has 0 bridgehead atoms. The summed E-state index contributed by atoms with van der Waals surface area (Å²) in [6, 6.07) is 3.49. The highest BCUT2D eigenvalue weighted by atomic mass is 35.5. The Morgan fingerprint density at radius 1 is 1.29 bits per heavy atom. The molecule has 1 aromatic carbocycles. The molecule has 17 heavy (non-hydrogen) atoms. The lowest BCUT2D eigenvalue weighted by Gasteiger charge is -2.16. The van der Waals surface area contributed by atoms with Crippen LogP contribution in [0.2, 0.25) is 10.0 Å². The minimum Gasteiger partial charge on any atom is -0.456 e. The van der Waals surface area contributed by atoms with E-state index in [9.17, 15) is 0 Å². The first kappa shape index (κ1) is 11.5. The number of benzene rings is 1. The zero-order valence-electron chi connectivity index (χ0n) is 9.06. The van der Waals surface area contributed by atoms with Crippen LogP contribution in [0.5, 0.6) is 0 Å². The van der Waals surface area contributed by atoms with Crippen molar-refractivity contribution in [2.75, 3.05) is 0 Å². The molecule has 0 N–H and O–H groups in total. The van der Waals surface area contributed by atoms with E-state index in [2.05, 4.69) is 0 Å². The monoisotopic (exact) mass is 286 g/mol. The highest BCUT2D eigenvalue weighted by Crippen LogP contribution is 2.28. The summed E-state index contributed by atoms with van der Waals surface area (Å²) < 4.78 is 5.73. The van der Waals surface area contributed by atoms with Crippen molar-refractivity contribution in [1.82, 2.24) is 0 Å². The summed E-state index contributed by atoms with van der Waals surface area (Å²) in [7, 11) is 0. The first-order chi connectivity index (χ1) is 7.96. The van der Waals surface area contributed by atoms with Gasteiger partial charge < -0.3 is 4.42 Å². The van der Waals surface area contributed by atoms with Crippen LogP contribution >= 0.6 is 34.8 Å². The van der Waals surface area contributed by atoms with E-state index in [1.165, 1.54) is 0 Å². The van der Waals surface area contributed by atoms with Crippen LogP contribution < -0.4 is 10.6 Å². The molecular formula is C13H9Cl3O. The second-order valence-corrected chi connectivity index (χ2v) is 6.18. The zero-order valence-corrected chi connectivity index (χ0v) is 11.3. The summed E-state index contributed by atoms with van der Waals surface area (Å²) >= 11 is 18.5. The van der Waals surface area contributed by atoms with Crippen molar-refractivity contribution in [1.29, 1.82) is 0 Å². The summed E-state index contributed by atoms with van der Waals surface area (Å²) in [4.78, 5) is -0.382. The Hall–Kier alpha value is -0.630. The average Bonchev–Trinajstić information content (AvgIpc) is 2.53. The van der Waals surface area contributed by atoms with E-state index >= 15 is 0 Å². The van der Waals surface area contributed by atoms with E-state index in [0.29, 0.717) is 15.6 Å². The normalized spacial score (nSPS) is 23.1. The highest BCUT2D eigenvalue weighted by molar-refractivity contribution is 6.38. The largest absolute Gasteiger partial charge is 0.456 e. The van der Waals surface area contributed by atoms with Crippen molar-refractivity contribution in [3.8, 4) is 0 Å². The molecule has 1 aromatic heterocycles. The second kappa shape index (κ2) is 3.68. The van der Waals surface area contributed by atoms with Crippen molar-refractivity contribution in [3.63, 3.8) is 0 Å². The maximum absolute atomic E-state index is 6.34. The van der Waals surface area contributed by atoms with Crippen LogP contribution in [0.15, 0.2) is 16.5 Å². The molecule has 0 amide bonds. The Morgan fingerprint density at radius 2 is 2.06 bits per heavy atom. The smallest absolute Gasteiger partial charge is 0.138 e. The molecule has 0 spiro atoms. The first-order valence-corrected chi connectivity index (χ1v) is 6.39. The van der Waals surface area contributed by atoms with E-state index in [-0.39, 0.29) is 4.87 Å². The third-order valence-corrected chi connectivity index (χ3v) is 3.69. The lowest BCUT2D eigenvalue weighted by Crippen LogP contribution is -2.30. The van der Waals surface area contributed by atoms with Crippen LogP contribution in [-0.2, 0) is 0 Å². The highest BCUT2D eigenvalue weighted by Gasteiger charge is 2.21. The van der Waals surface area contributed by atoms with Crippen LogP contribution in [0, 0.1) is 0 Å². The van der Waals surface area contributed by atoms with Gasteiger partial charge in [0.1, 0.15) is 11.0 Å². The fraction of sp³-hybridized carbons (Fsp3) is 0.231. The zero-order chi connectivity index (χ0) is 12.2. The molecule has 1 aliphatic carbocycles. The number of furan rings is 1. The number of rotatable bonds is 0. The maximum Gasteiger partial charge on any atom is 0.138 e. The Balaban J connectivity index is 2.52. The van der Waals surface area contributed by atoms with Gasteiger partial charge in [0, 0.05) is 21.7 Å². The van der Waals surface area contributed by atoms with Gasteiger partial charge in [-0.1, -0.05) is 29.3 Å². The summed E-state index contributed by atoms with van der Waals surface area (Å²) in [5.74, 6) is 0. The quantitative estimate of drug-likeness (QED) is 0.673. The fourth-order valence-electron chi connectivity index (χ4n) is 2.14. The Bertz CT molecular complexity index is 725. The summed E-state index contributed by atoms with van der Waals surface area (Å²) in [5, 5.41) is 3.01. The molecule has 0 saturated carbocycles. The van der Waals surface area contributed by atoms with Crippen molar-refractivity contribution in [2.24, 2.45) is 0 Å². The van der Waals surface area contributed by atoms with Crippen molar-refractivity contribution in [2.45, 2.75) is 18.2 Å². The van der Waals surface area contributed by atoms with Crippen molar-refractivity contribution < 1.29 is 4.42 Å². The van der Waals surface area contributed by atoms with Crippen molar-refractivity contribution in [3.05, 3.63) is 32.8 Å². The molecule has 1 aliphatic rings. The van der Waals surface area contributed by atoms with Gasteiger partial charge in [-0.2, -0.15) is 0 Å². The maximum atomic E-state index is 6.34. The molecule has 1 atom stereocenters. The Kier molecular flexibility index (Phi) is 2.48. The average molecular weight is 288 g/mol. The predicted molar refractivity (Wildman–Crippen MR) is 73.3 cm³/mol. The van der Waals surface area contributed by atoms with Crippen LogP contribution in [0.1, 0.15) is 13.3 Å². The van der Waals surface area contributed by atoms with E-state index in [1.807, 2.05) is 19.1 Å². The van der Waals surface area contributed by atoms with E-state index < -0.39 is 0 Å². The lowest BCUT2D eigenvalue weighted by atomic mass is 10.0. The molecule has 0 saturated heterocycles. The number of hydrogen-bond donors (Lipinski definition) is 0. The molecule has 0 fully saturated rings. The van der Waals surface area contributed by atoms with Gasteiger partial charge >= 0.3 is 0 Å². The molecule has 1 heterocycles. The third-order valence-electron chi connectivity index (χ3n) is 2.91. The second-order valence-electron chi connectivity index (χ2n) is 4.47. The van der Waals surface area contributed by atoms with Crippen LogP contribution in [0.25, 0.3) is 23.1 Å². The molecule has 1 unspecified atom stereocenters. The number of halogens is 3. The van der Waals surface area contributed by atoms with Gasteiger partial charge in [-0.15, -0.1) is 11.6 Å². The molecule has 4 heteroatoms. The molecule has 88 valence electrons. The van der Waals surface area contributed by atoms with E-state index in [1.54, 1.807) is 12.1 Å². The SMILES string of the molecule is CC1(Cl)C=c2c(oc3cc(Cl)cc(Cl)c23)=CC1. The standard InChI is InChI=1S/C13H9Cl3O/c1-13(16)3-2-10-8(6-13)12-9(15)4-7(14)5-11(12)17-10/h2,4-6H,3H2,1H3. The van der Waals surface area contributed by atoms with Gasteiger partial charge in [0.2, 0.25) is 0 Å². The minimum absolute atomic E-state index is 0.382. The van der Waals surface area contributed by atoms with Gasteiger partial charge in [-0.25, -0.2) is 0 Å². The fourth-order valence-corrected chi connectivity index (χ4v) is 2.90. The van der Waals surface area contributed by atoms with E-state index in [0.717, 1.165) is 22.4 Å². The first-order valence-electron chi connectivity index (χ1n) is 5.26. The summed E-state index contributed by atoms with van der Waals surface area (Å²) in [5.41, 5.74) is 1.52. The minimum atomic E-state index is -0.382. The summed E-state index contributed by atoms with van der Waals surface area (Å²) in [6.45, 7) is 1.97. The van der Waals surface area contributed by atoms with Gasteiger partial charge in [0.05, 0.1) is 9.90 Å². The molecule has 2 aromatic rings. The van der Waals surface area contributed by atoms with Gasteiger partial charge in [0.15, 0.2) is 0 Å². The molecule has 0 radical (unpaired) electrons. The predicted octanol–water partition coefficient (Wildman–Crippen LogP) is 3.70. The molecule has 3 rings (SSSR count). The molecular weight excluding hydrogens is 279 g/mol. The van der Waals surface area contributed by atoms with Crippen LogP contribution in [0.3, 0.4) is 0 Å². The Morgan fingerprint density at radius 3 is 2.82 bits per heavy atom. The van der Waals surface area contributed by atoms with Gasteiger partial charge in [-0.3, -0.25) is 0 Å². The molecule has 1 nitrogen and oxygen atoms in total.